The maximum atomic E-state index is 11.6. The highest BCUT2D eigenvalue weighted by atomic mass is 16.2. The van der Waals surface area contributed by atoms with Crippen molar-refractivity contribution in [3.63, 3.8) is 0 Å². The molecule has 1 radical (unpaired) electrons. The number of ketones is 1. The van der Waals surface area contributed by atoms with Crippen molar-refractivity contribution in [2.75, 3.05) is 0 Å². The van der Waals surface area contributed by atoms with Crippen LogP contribution in [-0.4, -0.2) is 11.7 Å². The largest absolute Gasteiger partial charge is 0.369 e. The van der Waals surface area contributed by atoms with Crippen LogP contribution in [0.3, 0.4) is 0 Å². The average Bonchev–Trinajstić information content (AvgIpc) is 2.28. The summed E-state index contributed by atoms with van der Waals surface area (Å²) in [5, 5.41) is 0. The van der Waals surface area contributed by atoms with Crippen LogP contribution in [0.1, 0.15) is 12.0 Å². The molecule has 0 saturated carbocycles. The van der Waals surface area contributed by atoms with Crippen LogP contribution in [0.5, 0.6) is 0 Å². The predicted octanol–water partition coefficient (Wildman–Crippen LogP) is 1.59. The van der Waals surface area contributed by atoms with Gasteiger partial charge in [0.05, 0.1) is 0 Å². The topological polar surface area (TPSA) is 60.2 Å². The molecule has 3 nitrogen and oxygen atoms in total. The van der Waals surface area contributed by atoms with Gasteiger partial charge in [-0.05, 0) is 18.1 Å². The summed E-state index contributed by atoms with van der Waals surface area (Å²) in [5.74, 6) is -1.75. The van der Waals surface area contributed by atoms with E-state index in [9.17, 15) is 9.59 Å². The van der Waals surface area contributed by atoms with Gasteiger partial charge in [0.15, 0.2) is 5.78 Å². The lowest BCUT2D eigenvalue weighted by Gasteiger charge is -2.05. The molecule has 0 aliphatic rings. The average molecular weight is 216 g/mol. The lowest BCUT2D eigenvalue weighted by molar-refractivity contribution is -0.129. The zero-order valence-corrected chi connectivity index (χ0v) is 8.93. The lowest BCUT2D eigenvalue weighted by Crippen LogP contribution is -2.28. The van der Waals surface area contributed by atoms with Crippen LogP contribution in [0.25, 0.3) is 6.08 Å². The first-order valence-corrected chi connectivity index (χ1v) is 5.00. The number of benzene rings is 1. The second kappa shape index (κ2) is 5.85. The molecule has 0 aromatic heterocycles. The third-order valence-electron chi connectivity index (χ3n) is 2.22. The van der Waals surface area contributed by atoms with Crippen LogP contribution in [0.15, 0.2) is 36.4 Å². The summed E-state index contributed by atoms with van der Waals surface area (Å²) in [4.78, 5) is 22.5. The second-order valence-electron chi connectivity index (χ2n) is 3.39. The molecule has 2 N–H and O–H groups in total. The molecule has 0 saturated heterocycles. The van der Waals surface area contributed by atoms with E-state index in [2.05, 4.69) is 6.92 Å². The lowest BCUT2D eigenvalue weighted by atomic mass is 9.99. The van der Waals surface area contributed by atoms with Gasteiger partial charge in [0, 0.05) is 0 Å². The molecule has 1 atom stereocenters. The van der Waals surface area contributed by atoms with Crippen LogP contribution in [0.4, 0.5) is 0 Å². The summed E-state index contributed by atoms with van der Waals surface area (Å²) in [7, 11) is 0. The van der Waals surface area contributed by atoms with Crippen molar-refractivity contribution in [1.82, 2.24) is 0 Å². The Bertz CT molecular complexity index is 396. The Labute approximate surface area is 95.0 Å². The molecule has 0 bridgehead atoms. The van der Waals surface area contributed by atoms with E-state index in [1.807, 2.05) is 30.3 Å². The minimum atomic E-state index is -0.819. The number of carbonyl (C=O) groups is 2. The number of amides is 1. The Hall–Kier alpha value is -1.90. The van der Waals surface area contributed by atoms with Gasteiger partial charge >= 0.3 is 0 Å². The van der Waals surface area contributed by atoms with E-state index in [1.54, 1.807) is 6.08 Å². The molecule has 0 spiro atoms. The number of allylic oxidation sites excluding steroid dienone is 1. The minimum Gasteiger partial charge on any atom is -0.369 e. The molecule has 1 amide bonds. The van der Waals surface area contributed by atoms with Crippen molar-refractivity contribution in [3.8, 4) is 0 Å². The first kappa shape index (κ1) is 12.2. The van der Waals surface area contributed by atoms with Crippen molar-refractivity contribution in [1.29, 1.82) is 0 Å². The fraction of sp³-hybridized carbons (Fsp3) is 0.154. The van der Waals surface area contributed by atoms with Crippen LogP contribution in [0, 0.1) is 12.8 Å². The van der Waals surface area contributed by atoms with Gasteiger partial charge in [0.1, 0.15) is 5.92 Å². The van der Waals surface area contributed by atoms with E-state index in [4.69, 9.17) is 5.73 Å². The predicted molar refractivity (Wildman–Crippen MR) is 63.1 cm³/mol. The summed E-state index contributed by atoms with van der Waals surface area (Å²) >= 11 is 0. The SMILES string of the molecule is [CH2]CC(C(N)=O)C(=O)/C=C/c1ccccc1. The molecule has 1 aromatic carbocycles. The van der Waals surface area contributed by atoms with Gasteiger partial charge in [-0.15, -0.1) is 0 Å². The van der Waals surface area contributed by atoms with Gasteiger partial charge in [0.25, 0.3) is 0 Å². The summed E-state index contributed by atoms with van der Waals surface area (Å²) in [5.41, 5.74) is 5.99. The highest BCUT2D eigenvalue weighted by molar-refractivity contribution is 6.07. The molecular formula is C13H14NO2. The van der Waals surface area contributed by atoms with E-state index in [1.165, 1.54) is 6.08 Å². The van der Waals surface area contributed by atoms with Crippen LogP contribution < -0.4 is 5.73 Å². The molecule has 0 fully saturated rings. The Morgan fingerprint density at radius 2 is 1.94 bits per heavy atom. The number of carbonyl (C=O) groups excluding carboxylic acids is 2. The van der Waals surface area contributed by atoms with Gasteiger partial charge in [-0.3, -0.25) is 9.59 Å². The Morgan fingerprint density at radius 1 is 1.31 bits per heavy atom. The van der Waals surface area contributed by atoms with Gasteiger partial charge in [-0.25, -0.2) is 0 Å². The molecular weight excluding hydrogens is 202 g/mol. The number of rotatable bonds is 5. The van der Waals surface area contributed by atoms with E-state index >= 15 is 0 Å². The molecule has 16 heavy (non-hydrogen) atoms. The smallest absolute Gasteiger partial charge is 0.228 e. The fourth-order valence-electron chi connectivity index (χ4n) is 1.28. The van der Waals surface area contributed by atoms with Crippen molar-refractivity contribution in [2.45, 2.75) is 6.42 Å². The fourth-order valence-corrected chi connectivity index (χ4v) is 1.28. The molecule has 1 unspecified atom stereocenters. The summed E-state index contributed by atoms with van der Waals surface area (Å²) in [6.45, 7) is 3.53. The second-order valence-corrected chi connectivity index (χ2v) is 3.39. The highest BCUT2D eigenvalue weighted by Crippen LogP contribution is 2.07. The number of nitrogens with two attached hydrogens (primary N) is 1. The van der Waals surface area contributed by atoms with E-state index in [0.717, 1.165) is 5.56 Å². The van der Waals surface area contributed by atoms with Crippen LogP contribution in [-0.2, 0) is 9.59 Å². The number of hydrogen-bond acceptors (Lipinski definition) is 2. The van der Waals surface area contributed by atoms with E-state index < -0.39 is 11.8 Å². The van der Waals surface area contributed by atoms with Crippen molar-refractivity contribution in [3.05, 3.63) is 48.9 Å². The van der Waals surface area contributed by atoms with Crippen LogP contribution in [0.2, 0.25) is 0 Å². The highest BCUT2D eigenvalue weighted by Gasteiger charge is 2.19. The molecule has 1 aromatic rings. The Morgan fingerprint density at radius 3 is 2.44 bits per heavy atom. The Kier molecular flexibility index (Phi) is 4.45. The van der Waals surface area contributed by atoms with E-state index in [-0.39, 0.29) is 12.2 Å². The zero-order chi connectivity index (χ0) is 12.0. The molecule has 1 rings (SSSR count). The molecule has 83 valence electrons. The van der Waals surface area contributed by atoms with Crippen molar-refractivity contribution >= 4 is 17.8 Å². The van der Waals surface area contributed by atoms with Gasteiger partial charge in [0.2, 0.25) is 5.91 Å². The molecule has 0 aliphatic carbocycles. The van der Waals surface area contributed by atoms with Crippen molar-refractivity contribution < 1.29 is 9.59 Å². The molecule has 0 heterocycles. The number of hydrogen-bond donors (Lipinski definition) is 1. The quantitative estimate of drug-likeness (QED) is 0.600. The third-order valence-corrected chi connectivity index (χ3v) is 2.22. The normalized spacial score (nSPS) is 12.6. The van der Waals surface area contributed by atoms with Crippen molar-refractivity contribution in [2.24, 2.45) is 11.7 Å². The van der Waals surface area contributed by atoms with Gasteiger partial charge in [-0.1, -0.05) is 43.3 Å². The monoisotopic (exact) mass is 216 g/mol. The summed E-state index contributed by atoms with van der Waals surface area (Å²) in [6.07, 6.45) is 3.22. The maximum absolute atomic E-state index is 11.6. The first-order chi connectivity index (χ1) is 7.65. The molecule has 3 heteroatoms. The van der Waals surface area contributed by atoms with E-state index in [0.29, 0.717) is 0 Å². The summed E-state index contributed by atoms with van der Waals surface area (Å²) < 4.78 is 0. The molecule has 0 aliphatic heterocycles. The number of primary amides is 1. The van der Waals surface area contributed by atoms with Gasteiger partial charge < -0.3 is 5.73 Å². The standard InChI is InChI=1S/C13H14NO2/c1-2-11(13(14)16)12(15)9-8-10-6-4-3-5-7-10/h3-9,11H,1-2H2,(H2,14,16)/b9-8+. The first-order valence-electron chi connectivity index (χ1n) is 5.00. The third kappa shape index (κ3) is 3.35. The zero-order valence-electron chi connectivity index (χ0n) is 8.93. The summed E-state index contributed by atoms with van der Waals surface area (Å²) in [6, 6.07) is 9.37. The van der Waals surface area contributed by atoms with Crippen LogP contribution >= 0.6 is 0 Å². The maximum Gasteiger partial charge on any atom is 0.228 e. The minimum absolute atomic E-state index is 0.188. The Balaban J connectivity index is 2.71. The van der Waals surface area contributed by atoms with Gasteiger partial charge in [-0.2, -0.15) is 0 Å².